The first-order chi connectivity index (χ1) is 8.19. The summed E-state index contributed by atoms with van der Waals surface area (Å²) in [4.78, 5) is 6.36. The molecule has 0 unspecified atom stereocenters. The molecule has 0 fully saturated rings. The second kappa shape index (κ2) is 5.23. The van der Waals surface area contributed by atoms with Gasteiger partial charge in [-0.15, -0.1) is 0 Å². The Bertz CT molecular complexity index is 498. The molecule has 3 nitrogen and oxygen atoms in total. The van der Waals surface area contributed by atoms with Gasteiger partial charge < -0.3 is 4.90 Å². The average Bonchev–Trinajstić information content (AvgIpc) is 2.77. The lowest BCUT2D eigenvalue weighted by Crippen LogP contribution is -2.16. The van der Waals surface area contributed by atoms with Gasteiger partial charge in [0.2, 0.25) is 5.13 Å². The minimum absolute atomic E-state index is 0.206. The van der Waals surface area contributed by atoms with Crippen molar-refractivity contribution >= 4 is 16.7 Å². The minimum Gasteiger partial charge on any atom is -0.346 e. The van der Waals surface area contributed by atoms with E-state index in [0.29, 0.717) is 6.54 Å². The fourth-order valence-electron chi connectivity index (χ4n) is 1.52. The highest BCUT2D eigenvalue weighted by atomic mass is 32.1. The molecule has 0 spiro atoms. The molecule has 0 saturated heterocycles. The van der Waals surface area contributed by atoms with Crippen LogP contribution in [0.1, 0.15) is 18.3 Å². The summed E-state index contributed by atoms with van der Waals surface area (Å²) in [5, 5.41) is 0.867. The first-order valence-electron chi connectivity index (χ1n) is 5.47. The monoisotopic (exact) mass is 251 g/mol. The lowest BCUT2D eigenvalue weighted by Gasteiger charge is -2.14. The van der Waals surface area contributed by atoms with E-state index in [0.717, 1.165) is 22.9 Å². The van der Waals surface area contributed by atoms with Gasteiger partial charge in [0.15, 0.2) is 0 Å². The van der Waals surface area contributed by atoms with Crippen LogP contribution >= 0.6 is 11.5 Å². The molecule has 17 heavy (non-hydrogen) atoms. The molecule has 2 rings (SSSR count). The van der Waals surface area contributed by atoms with Gasteiger partial charge in [0.1, 0.15) is 11.6 Å². The van der Waals surface area contributed by atoms with Crippen molar-refractivity contribution < 1.29 is 4.39 Å². The van der Waals surface area contributed by atoms with E-state index in [2.05, 4.69) is 9.36 Å². The van der Waals surface area contributed by atoms with Crippen LogP contribution in [0.3, 0.4) is 0 Å². The molecule has 0 radical (unpaired) electrons. The standard InChI is InChI=1S/C12H14FN3S/c1-3-11-14-12(17-15-11)16(2)8-9-5-4-6-10(13)7-9/h4-7H,3,8H2,1-2H3. The van der Waals surface area contributed by atoms with Crippen LogP contribution in [0.2, 0.25) is 0 Å². The number of anilines is 1. The van der Waals surface area contributed by atoms with Gasteiger partial charge in [-0.1, -0.05) is 19.1 Å². The zero-order valence-corrected chi connectivity index (χ0v) is 10.7. The van der Waals surface area contributed by atoms with Gasteiger partial charge in [-0.2, -0.15) is 4.37 Å². The van der Waals surface area contributed by atoms with E-state index in [1.165, 1.54) is 23.7 Å². The summed E-state index contributed by atoms with van der Waals surface area (Å²) in [5.41, 5.74) is 0.931. The lowest BCUT2D eigenvalue weighted by molar-refractivity contribution is 0.625. The van der Waals surface area contributed by atoms with Crippen LogP contribution in [0.5, 0.6) is 0 Å². The van der Waals surface area contributed by atoms with Gasteiger partial charge in [0.25, 0.3) is 0 Å². The highest BCUT2D eigenvalue weighted by Gasteiger charge is 2.08. The van der Waals surface area contributed by atoms with E-state index < -0.39 is 0 Å². The van der Waals surface area contributed by atoms with Crippen molar-refractivity contribution in [1.29, 1.82) is 0 Å². The van der Waals surface area contributed by atoms with Crippen LogP contribution in [0.25, 0.3) is 0 Å². The van der Waals surface area contributed by atoms with E-state index in [4.69, 9.17) is 0 Å². The Hall–Kier alpha value is -1.49. The second-order valence-electron chi connectivity index (χ2n) is 3.83. The van der Waals surface area contributed by atoms with Crippen LogP contribution in [0, 0.1) is 5.82 Å². The van der Waals surface area contributed by atoms with Crippen molar-refractivity contribution in [2.75, 3.05) is 11.9 Å². The van der Waals surface area contributed by atoms with Crippen molar-refractivity contribution in [3.05, 3.63) is 41.5 Å². The Labute approximate surface area is 104 Å². The molecule has 0 N–H and O–H groups in total. The van der Waals surface area contributed by atoms with E-state index in [1.807, 2.05) is 24.9 Å². The van der Waals surface area contributed by atoms with Gasteiger partial charge in [-0.3, -0.25) is 0 Å². The summed E-state index contributed by atoms with van der Waals surface area (Å²) < 4.78 is 17.3. The number of hydrogen-bond acceptors (Lipinski definition) is 4. The van der Waals surface area contributed by atoms with Crippen LogP contribution in [-0.2, 0) is 13.0 Å². The minimum atomic E-state index is -0.206. The maximum Gasteiger partial charge on any atom is 0.205 e. The van der Waals surface area contributed by atoms with Crippen molar-refractivity contribution in [2.24, 2.45) is 0 Å². The zero-order chi connectivity index (χ0) is 12.3. The Morgan fingerprint density at radius 2 is 2.24 bits per heavy atom. The van der Waals surface area contributed by atoms with Gasteiger partial charge in [0, 0.05) is 31.5 Å². The molecule has 90 valence electrons. The Balaban J connectivity index is 2.08. The number of rotatable bonds is 4. The van der Waals surface area contributed by atoms with E-state index in [1.54, 1.807) is 6.07 Å². The van der Waals surface area contributed by atoms with Crippen LogP contribution < -0.4 is 4.90 Å². The smallest absolute Gasteiger partial charge is 0.205 e. The fourth-order valence-corrected chi connectivity index (χ4v) is 2.23. The molecule has 0 saturated carbocycles. The van der Waals surface area contributed by atoms with Crippen molar-refractivity contribution in [3.63, 3.8) is 0 Å². The summed E-state index contributed by atoms with van der Waals surface area (Å²) in [6, 6.07) is 6.61. The van der Waals surface area contributed by atoms with Gasteiger partial charge in [0.05, 0.1) is 0 Å². The zero-order valence-electron chi connectivity index (χ0n) is 9.85. The highest BCUT2D eigenvalue weighted by Crippen LogP contribution is 2.18. The van der Waals surface area contributed by atoms with Crippen LogP contribution in [-0.4, -0.2) is 16.4 Å². The van der Waals surface area contributed by atoms with Crippen molar-refractivity contribution in [1.82, 2.24) is 9.36 Å². The van der Waals surface area contributed by atoms with E-state index >= 15 is 0 Å². The number of hydrogen-bond donors (Lipinski definition) is 0. The molecule has 5 heteroatoms. The SMILES string of the molecule is CCc1nsc(N(C)Cc2cccc(F)c2)n1. The summed E-state index contributed by atoms with van der Waals surface area (Å²) in [7, 11) is 1.94. The number of aromatic nitrogens is 2. The maximum atomic E-state index is 13.0. The van der Waals surface area contributed by atoms with Gasteiger partial charge in [-0.25, -0.2) is 9.37 Å². The topological polar surface area (TPSA) is 29.0 Å². The fraction of sp³-hybridized carbons (Fsp3) is 0.333. The first-order valence-corrected chi connectivity index (χ1v) is 6.24. The highest BCUT2D eigenvalue weighted by molar-refractivity contribution is 7.09. The number of aryl methyl sites for hydroxylation is 1. The average molecular weight is 251 g/mol. The Morgan fingerprint density at radius 1 is 1.41 bits per heavy atom. The molecule has 0 aliphatic heterocycles. The number of benzene rings is 1. The molecule has 1 heterocycles. The van der Waals surface area contributed by atoms with Crippen molar-refractivity contribution in [3.8, 4) is 0 Å². The Kier molecular flexibility index (Phi) is 3.68. The summed E-state index contributed by atoms with van der Waals surface area (Å²) >= 11 is 1.38. The molecule has 1 aromatic heterocycles. The molecule has 0 atom stereocenters. The molecule has 1 aromatic carbocycles. The summed E-state index contributed by atoms with van der Waals surface area (Å²) in [5.74, 6) is 0.651. The van der Waals surface area contributed by atoms with Crippen LogP contribution in [0.15, 0.2) is 24.3 Å². The number of halogens is 1. The third-order valence-corrected chi connectivity index (χ3v) is 3.28. The normalized spacial score (nSPS) is 10.5. The quantitative estimate of drug-likeness (QED) is 0.836. The number of nitrogens with zero attached hydrogens (tertiary/aromatic N) is 3. The first kappa shape index (κ1) is 12.0. The summed E-state index contributed by atoms with van der Waals surface area (Å²) in [6.45, 7) is 2.66. The third-order valence-electron chi connectivity index (χ3n) is 2.41. The van der Waals surface area contributed by atoms with E-state index in [-0.39, 0.29) is 5.82 Å². The molecule has 2 aromatic rings. The lowest BCUT2D eigenvalue weighted by atomic mass is 10.2. The van der Waals surface area contributed by atoms with Crippen LogP contribution in [0.4, 0.5) is 9.52 Å². The molecule has 0 aliphatic rings. The Morgan fingerprint density at radius 3 is 2.88 bits per heavy atom. The summed E-state index contributed by atoms with van der Waals surface area (Å²) in [6.07, 6.45) is 0.838. The third kappa shape index (κ3) is 3.00. The van der Waals surface area contributed by atoms with Crippen molar-refractivity contribution in [2.45, 2.75) is 19.9 Å². The van der Waals surface area contributed by atoms with Gasteiger partial charge in [-0.05, 0) is 17.7 Å². The predicted octanol–water partition coefficient (Wildman–Crippen LogP) is 2.88. The molecular weight excluding hydrogens is 237 g/mol. The predicted molar refractivity (Wildman–Crippen MR) is 67.8 cm³/mol. The van der Waals surface area contributed by atoms with E-state index in [9.17, 15) is 4.39 Å². The largest absolute Gasteiger partial charge is 0.346 e. The molecule has 0 amide bonds. The molecule has 0 aliphatic carbocycles. The second-order valence-corrected chi connectivity index (χ2v) is 4.56. The molecule has 0 bridgehead atoms. The molecular formula is C12H14FN3S. The maximum absolute atomic E-state index is 13.0. The van der Waals surface area contributed by atoms with Gasteiger partial charge >= 0.3 is 0 Å².